The van der Waals surface area contributed by atoms with E-state index in [4.69, 9.17) is 0 Å². The third-order valence-corrected chi connectivity index (χ3v) is 12.0. The van der Waals surface area contributed by atoms with Gasteiger partial charge in [0.15, 0.2) is 0 Å². The third kappa shape index (κ3) is 4.43. The first-order valence-corrected chi connectivity index (χ1v) is 12.7. The second kappa shape index (κ2) is 7.61. The van der Waals surface area contributed by atoms with Crippen LogP contribution in [0.25, 0.3) is 0 Å². The summed E-state index contributed by atoms with van der Waals surface area (Å²) >= 11 is -2.63. The van der Waals surface area contributed by atoms with Gasteiger partial charge in [-0.15, -0.1) is 0 Å². The molecule has 3 aromatic carbocycles. The number of hydrogen-bond donors (Lipinski definition) is 0. The molecule has 0 atom stereocenters. The molecular formula is C20H19NO2STe. The van der Waals surface area contributed by atoms with Crippen LogP contribution in [0.2, 0.25) is 0 Å². The van der Waals surface area contributed by atoms with Crippen molar-refractivity contribution < 1.29 is 8.42 Å². The second-order valence-corrected chi connectivity index (χ2v) is 12.9. The molecule has 0 saturated heterocycles. The third-order valence-electron chi connectivity index (χ3n) is 3.70. The van der Waals surface area contributed by atoms with Gasteiger partial charge < -0.3 is 0 Å². The molecule has 0 aliphatic rings. The Morgan fingerprint density at radius 3 is 1.56 bits per heavy atom. The maximum atomic E-state index is 12.8. The molecule has 0 aromatic heterocycles. The molecule has 0 saturated carbocycles. The summed E-state index contributed by atoms with van der Waals surface area (Å²) in [6.07, 6.45) is 0. The maximum absolute atomic E-state index is 12.8. The van der Waals surface area contributed by atoms with E-state index in [2.05, 4.69) is 2.59 Å². The van der Waals surface area contributed by atoms with E-state index < -0.39 is 29.4 Å². The van der Waals surface area contributed by atoms with E-state index in [0.29, 0.717) is 0 Å². The molecule has 0 aliphatic carbocycles. The van der Waals surface area contributed by atoms with E-state index in [9.17, 15) is 8.42 Å². The topological polar surface area (TPSA) is 46.5 Å². The van der Waals surface area contributed by atoms with E-state index in [0.717, 1.165) is 18.3 Å². The van der Waals surface area contributed by atoms with E-state index in [-0.39, 0.29) is 4.90 Å². The van der Waals surface area contributed by atoms with Crippen molar-refractivity contribution in [3.8, 4) is 0 Å². The van der Waals surface area contributed by atoms with Crippen molar-refractivity contribution in [2.24, 2.45) is 2.59 Å². The average molecular weight is 465 g/mol. The summed E-state index contributed by atoms with van der Waals surface area (Å²) in [5, 5.41) is 0. The average Bonchev–Trinajstić information content (AvgIpc) is 2.62. The fraction of sp³-hybridized carbons (Fsp3) is 0.100. The molecule has 0 amide bonds. The van der Waals surface area contributed by atoms with Crippen molar-refractivity contribution in [3.05, 3.63) is 90.0 Å². The summed E-state index contributed by atoms with van der Waals surface area (Å²) in [7, 11) is -3.68. The molecule has 0 aliphatic heterocycles. The van der Waals surface area contributed by atoms with Crippen LogP contribution in [-0.2, 0) is 10.0 Å². The normalized spacial score (nSPS) is 11.5. The molecule has 3 nitrogen and oxygen atoms in total. The van der Waals surface area contributed by atoms with E-state index in [1.54, 1.807) is 30.3 Å². The predicted octanol–water partition coefficient (Wildman–Crippen LogP) is 3.07. The van der Waals surface area contributed by atoms with Crippen LogP contribution in [0.5, 0.6) is 0 Å². The molecule has 0 N–H and O–H groups in total. The molecule has 25 heavy (non-hydrogen) atoms. The number of hydrogen-bond acceptors (Lipinski definition) is 2. The van der Waals surface area contributed by atoms with Crippen LogP contribution >= 0.6 is 0 Å². The quantitative estimate of drug-likeness (QED) is 0.557. The fourth-order valence-electron chi connectivity index (χ4n) is 2.29. The summed E-state index contributed by atoms with van der Waals surface area (Å²) in [5.41, 5.74) is 2.30. The molecular weight excluding hydrogens is 446 g/mol. The van der Waals surface area contributed by atoms with Gasteiger partial charge in [-0.25, -0.2) is 0 Å². The predicted molar refractivity (Wildman–Crippen MR) is 103 cm³/mol. The van der Waals surface area contributed by atoms with Crippen LogP contribution in [0.3, 0.4) is 0 Å². The molecule has 0 heterocycles. The van der Waals surface area contributed by atoms with Crippen LogP contribution in [0.1, 0.15) is 11.1 Å². The monoisotopic (exact) mass is 467 g/mol. The van der Waals surface area contributed by atoms with Crippen molar-refractivity contribution in [1.29, 1.82) is 0 Å². The van der Waals surface area contributed by atoms with Gasteiger partial charge in [-0.05, 0) is 0 Å². The summed E-state index contributed by atoms with van der Waals surface area (Å²) < 4.78 is 32.1. The minimum atomic E-state index is -3.68. The van der Waals surface area contributed by atoms with Crippen molar-refractivity contribution in [3.63, 3.8) is 0 Å². The van der Waals surface area contributed by atoms with Crippen molar-refractivity contribution in [2.75, 3.05) is 0 Å². The Morgan fingerprint density at radius 1 is 0.680 bits per heavy atom. The van der Waals surface area contributed by atoms with Gasteiger partial charge >= 0.3 is 156 Å². The zero-order valence-corrected chi connectivity index (χ0v) is 17.2. The molecule has 3 aromatic rings. The number of rotatable bonds is 4. The van der Waals surface area contributed by atoms with E-state index in [1.165, 1.54) is 0 Å². The van der Waals surface area contributed by atoms with Crippen molar-refractivity contribution >= 4 is 36.6 Å². The molecule has 0 unspecified atom stereocenters. The van der Waals surface area contributed by atoms with Crippen LogP contribution in [0.15, 0.2) is 86.3 Å². The Labute approximate surface area is 155 Å². The minimum absolute atomic E-state index is 0.250. The number of aryl methyl sites for hydroxylation is 2. The zero-order valence-electron chi connectivity index (χ0n) is 14.1. The first-order chi connectivity index (χ1) is 12.0. The van der Waals surface area contributed by atoms with Gasteiger partial charge in [0.2, 0.25) is 0 Å². The molecule has 0 spiro atoms. The Kier molecular flexibility index (Phi) is 5.48. The summed E-state index contributed by atoms with van der Waals surface area (Å²) in [4.78, 5) is 0.250. The first-order valence-electron chi connectivity index (χ1n) is 7.86. The first kappa shape index (κ1) is 18.0. The van der Waals surface area contributed by atoms with Gasteiger partial charge in [0.05, 0.1) is 0 Å². The van der Waals surface area contributed by atoms with E-state index in [1.807, 2.05) is 62.4 Å². The summed E-state index contributed by atoms with van der Waals surface area (Å²) in [5.74, 6) is 0. The molecule has 3 rings (SSSR count). The summed E-state index contributed by atoms with van der Waals surface area (Å²) in [6.45, 7) is 4.04. The van der Waals surface area contributed by atoms with Gasteiger partial charge in [-0.1, -0.05) is 0 Å². The van der Waals surface area contributed by atoms with Crippen molar-refractivity contribution in [2.45, 2.75) is 18.7 Å². The van der Waals surface area contributed by atoms with Crippen molar-refractivity contribution in [1.82, 2.24) is 0 Å². The summed E-state index contributed by atoms with van der Waals surface area (Å²) in [6, 6.07) is 24.5. The van der Waals surface area contributed by atoms with Crippen LogP contribution < -0.4 is 7.22 Å². The van der Waals surface area contributed by atoms with Gasteiger partial charge in [-0.2, -0.15) is 0 Å². The standard InChI is InChI=1S/C20H19NO2STe/c1-16-8-12-19(13-9-16)25(20-14-10-17(2)11-15-20)21-24(22,23)18-6-4-3-5-7-18/h3-15H,1-2H3. The van der Waals surface area contributed by atoms with Crippen LogP contribution in [-0.4, -0.2) is 27.8 Å². The van der Waals surface area contributed by atoms with E-state index >= 15 is 0 Å². The van der Waals surface area contributed by atoms with Gasteiger partial charge in [-0.3, -0.25) is 0 Å². The number of nitrogens with zero attached hydrogens (tertiary/aromatic N) is 1. The van der Waals surface area contributed by atoms with Gasteiger partial charge in [0.25, 0.3) is 0 Å². The fourth-order valence-corrected chi connectivity index (χ4v) is 10.2. The van der Waals surface area contributed by atoms with Crippen LogP contribution in [0.4, 0.5) is 0 Å². The second-order valence-electron chi connectivity index (χ2n) is 5.77. The molecule has 128 valence electrons. The Hall–Kier alpha value is -1.80. The Bertz CT molecular complexity index is 946. The number of sulfonamides is 1. The molecule has 0 radical (unpaired) electrons. The van der Waals surface area contributed by atoms with Gasteiger partial charge in [0.1, 0.15) is 0 Å². The molecule has 5 heteroatoms. The Balaban J connectivity index is 2.17. The zero-order chi connectivity index (χ0) is 17.9. The molecule has 0 bridgehead atoms. The number of benzene rings is 3. The van der Waals surface area contributed by atoms with Gasteiger partial charge in [0, 0.05) is 0 Å². The van der Waals surface area contributed by atoms with Crippen LogP contribution in [0, 0.1) is 13.8 Å². The SMILES string of the molecule is Cc1ccc([Te](=NS(=O)(=O)c2ccccc2)c2ccc(C)cc2)cc1. The Morgan fingerprint density at radius 2 is 1.12 bits per heavy atom. The molecule has 0 fully saturated rings.